The third-order valence-electron chi connectivity index (χ3n) is 3.35. The van der Waals surface area contributed by atoms with Crippen molar-refractivity contribution in [3.63, 3.8) is 0 Å². The zero-order valence-corrected chi connectivity index (χ0v) is 15.5. The van der Waals surface area contributed by atoms with Crippen LogP contribution in [-0.2, 0) is 0 Å². The van der Waals surface area contributed by atoms with Gasteiger partial charge in [-0.3, -0.25) is 10.1 Å². The standard InChI is InChI=1S/C18H21N5O4/c1-10(2)25-14-13(12-8-6-5-7-9-12)27-16(15(14)26-11(3)4)17(24)19-18-20-22-23-21-18/h5-11H,1-4H3,(H2,19,20,21,22,23,24). The molecule has 27 heavy (non-hydrogen) atoms. The van der Waals surface area contributed by atoms with E-state index in [9.17, 15) is 4.79 Å². The Kier molecular flexibility index (Phi) is 5.39. The highest BCUT2D eigenvalue weighted by molar-refractivity contribution is 6.04. The predicted molar refractivity (Wildman–Crippen MR) is 97.8 cm³/mol. The largest absolute Gasteiger partial charge is 0.484 e. The number of furan rings is 1. The number of aromatic nitrogens is 4. The number of H-pyrrole nitrogens is 1. The molecule has 0 atom stereocenters. The van der Waals surface area contributed by atoms with Crippen LogP contribution in [-0.4, -0.2) is 38.7 Å². The van der Waals surface area contributed by atoms with Crippen molar-refractivity contribution < 1.29 is 18.7 Å². The Morgan fingerprint density at radius 2 is 1.74 bits per heavy atom. The lowest BCUT2D eigenvalue weighted by molar-refractivity contribution is 0.0987. The summed E-state index contributed by atoms with van der Waals surface area (Å²) >= 11 is 0. The Hall–Kier alpha value is -3.36. The van der Waals surface area contributed by atoms with Gasteiger partial charge in [-0.05, 0) is 38.1 Å². The van der Waals surface area contributed by atoms with Crippen molar-refractivity contribution in [3.05, 3.63) is 36.1 Å². The Morgan fingerprint density at radius 1 is 1.07 bits per heavy atom. The lowest BCUT2D eigenvalue weighted by atomic mass is 10.1. The summed E-state index contributed by atoms with van der Waals surface area (Å²) in [5.74, 6) is 0.558. The number of rotatable bonds is 7. The summed E-state index contributed by atoms with van der Waals surface area (Å²) in [5, 5.41) is 15.5. The van der Waals surface area contributed by atoms with Gasteiger partial charge in [-0.1, -0.05) is 35.4 Å². The molecule has 142 valence electrons. The van der Waals surface area contributed by atoms with E-state index in [1.807, 2.05) is 58.0 Å². The van der Waals surface area contributed by atoms with E-state index in [0.717, 1.165) is 5.56 Å². The van der Waals surface area contributed by atoms with Gasteiger partial charge in [0, 0.05) is 5.56 Å². The molecule has 0 saturated heterocycles. The fourth-order valence-corrected chi connectivity index (χ4v) is 2.39. The fraction of sp³-hybridized carbons (Fsp3) is 0.333. The second-order valence-corrected chi connectivity index (χ2v) is 6.32. The van der Waals surface area contributed by atoms with E-state index in [1.54, 1.807) is 0 Å². The Labute approximate surface area is 156 Å². The SMILES string of the molecule is CC(C)Oc1c(C(=O)Nc2nnn[nH]2)oc(-c2ccccc2)c1OC(C)C. The van der Waals surface area contributed by atoms with Gasteiger partial charge in [0.1, 0.15) is 0 Å². The van der Waals surface area contributed by atoms with Crippen LogP contribution in [0.15, 0.2) is 34.7 Å². The number of ether oxygens (including phenoxy) is 2. The molecule has 9 nitrogen and oxygen atoms in total. The number of hydrogen-bond donors (Lipinski definition) is 2. The molecule has 0 saturated carbocycles. The minimum Gasteiger partial charge on any atom is -0.484 e. The summed E-state index contributed by atoms with van der Waals surface area (Å²) in [6.07, 6.45) is -0.340. The molecule has 0 fully saturated rings. The van der Waals surface area contributed by atoms with Crippen molar-refractivity contribution in [2.75, 3.05) is 5.32 Å². The monoisotopic (exact) mass is 371 g/mol. The van der Waals surface area contributed by atoms with Crippen molar-refractivity contribution in [1.29, 1.82) is 0 Å². The lowest BCUT2D eigenvalue weighted by Gasteiger charge is -2.14. The molecule has 3 aromatic rings. The number of aromatic amines is 1. The van der Waals surface area contributed by atoms with Crippen LogP contribution >= 0.6 is 0 Å². The number of amides is 1. The van der Waals surface area contributed by atoms with Crippen LogP contribution in [0.1, 0.15) is 38.2 Å². The average Bonchev–Trinajstić information content (AvgIpc) is 3.24. The van der Waals surface area contributed by atoms with Crippen molar-refractivity contribution in [2.24, 2.45) is 0 Å². The minimum atomic E-state index is -0.556. The van der Waals surface area contributed by atoms with Gasteiger partial charge in [0.15, 0.2) is 5.76 Å². The molecule has 0 spiro atoms. The molecule has 0 aliphatic rings. The fourth-order valence-electron chi connectivity index (χ4n) is 2.39. The number of carbonyl (C=O) groups is 1. The third kappa shape index (κ3) is 4.25. The first-order valence-electron chi connectivity index (χ1n) is 8.56. The van der Waals surface area contributed by atoms with Crippen LogP contribution in [0.25, 0.3) is 11.3 Å². The van der Waals surface area contributed by atoms with Gasteiger partial charge >= 0.3 is 0 Å². The topological polar surface area (TPSA) is 115 Å². The molecule has 0 unspecified atom stereocenters. The molecule has 2 aromatic heterocycles. The highest BCUT2D eigenvalue weighted by atomic mass is 16.5. The van der Waals surface area contributed by atoms with Gasteiger partial charge in [0.2, 0.25) is 23.2 Å². The van der Waals surface area contributed by atoms with Crippen LogP contribution in [0.5, 0.6) is 11.5 Å². The Bertz CT molecular complexity index is 888. The van der Waals surface area contributed by atoms with E-state index in [1.165, 1.54) is 0 Å². The maximum Gasteiger partial charge on any atom is 0.297 e. The molecule has 0 aliphatic carbocycles. The highest BCUT2D eigenvalue weighted by Crippen LogP contribution is 2.45. The number of nitrogens with zero attached hydrogens (tertiary/aromatic N) is 3. The van der Waals surface area contributed by atoms with Crippen LogP contribution < -0.4 is 14.8 Å². The van der Waals surface area contributed by atoms with Gasteiger partial charge in [-0.2, -0.15) is 0 Å². The maximum atomic E-state index is 12.7. The molecule has 9 heteroatoms. The third-order valence-corrected chi connectivity index (χ3v) is 3.35. The number of anilines is 1. The number of hydrogen-bond acceptors (Lipinski definition) is 7. The van der Waals surface area contributed by atoms with Crippen LogP contribution in [0.4, 0.5) is 5.95 Å². The minimum absolute atomic E-state index is 0.0189. The lowest BCUT2D eigenvalue weighted by Crippen LogP contribution is -2.16. The van der Waals surface area contributed by atoms with E-state index in [0.29, 0.717) is 11.5 Å². The van der Waals surface area contributed by atoms with E-state index in [4.69, 9.17) is 13.9 Å². The summed E-state index contributed by atoms with van der Waals surface area (Å²) in [6.45, 7) is 7.49. The van der Waals surface area contributed by atoms with Gasteiger partial charge in [0.25, 0.3) is 5.91 Å². The van der Waals surface area contributed by atoms with Crippen molar-refractivity contribution in [3.8, 4) is 22.8 Å². The first-order valence-corrected chi connectivity index (χ1v) is 8.56. The van der Waals surface area contributed by atoms with Gasteiger partial charge in [-0.15, -0.1) is 0 Å². The molecule has 2 heterocycles. The van der Waals surface area contributed by atoms with Crippen molar-refractivity contribution >= 4 is 11.9 Å². The molecule has 0 radical (unpaired) electrons. The van der Waals surface area contributed by atoms with Crippen molar-refractivity contribution in [1.82, 2.24) is 20.6 Å². The molecular formula is C18H21N5O4. The summed E-state index contributed by atoms with van der Waals surface area (Å²) < 4.78 is 17.7. The number of nitrogens with one attached hydrogen (secondary N) is 2. The molecule has 2 N–H and O–H groups in total. The smallest absolute Gasteiger partial charge is 0.297 e. The zero-order chi connectivity index (χ0) is 19.4. The van der Waals surface area contributed by atoms with Gasteiger partial charge in [-0.25, -0.2) is 5.10 Å². The molecule has 1 amide bonds. The molecule has 0 bridgehead atoms. The van der Waals surface area contributed by atoms with Crippen LogP contribution in [0, 0.1) is 0 Å². The zero-order valence-electron chi connectivity index (χ0n) is 15.5. The Morgan fingerprint density at radius 3 is 2.33 bits per heavy atom. The van der Waals surface area contributed by atoms with Gasteiger partial charge < -0.3 is 13.9 Å². The summed E-state index contributed by atoms with van der Waals surface area (Å²) in [6, 6.07) is 9.38. The first kappa shape index (κ1) is 18.4. The van der Waals surface area contributed by atoms with E-state index in [-0.39, 0.29) is 29.7 Å². The predicted octanol–water partition coefficient (Wildman–Crippen LogP) is 3.29. The van der Waals surface area contributed by atoms with E-state index < -0.39 is 5.91 Å². The quantitative estimate of drug-likeness (QED) is 0.655. The van der Waals surface area contributed by atoms with Crippen LogP contribution in [0.2, 0.25) is 0 Å². The molecule has 3 rings (SSSR count). The van der Waals surface area contributed by atoms with E-state index >= 15 is 0 Å². The second kappa shape index (κ2) is 7.90. The van der Waals surface area contributed by atoms with Crippen molar-refractivity contribution in [2.45, 2.75) is 39.9 Å². The highest BCUT2D eigenvalue weighted by Gasteiger charge is 2.30. The molecule has 1 aromatic carbocycles. The Balaban J connectivity index is 2.10. The average molecular weight is 371 g/mol. The summed E-state index contributed by atoms with van der Waals surface area (Å²) in [4.78, 5) is 12.7. The number of tetrazole rings is 1. The maximum absolute atomic E-state index is 12.7. The van der Waals surface area contributed by atoms with Crippen LogP contribution in [0.3, 0.4) is 0 Å². The number of benzene rings is 1. The number of carbonyl (C=O) groups excluding carboxylic acids is 1. The summed E-state index contributed by atoms with van der Waals surface area (Å²) in [5.41, 5.74) is 0.766. The molecular weight excluding hydrogens is 350 g/mol. The molecule has 0 aliphatic heterocycles. The first-order chi connectivity index (χ1) is 13.0. The van der Waals surface area contributed by atoms with E-state index in [2.05, 4.69) is 25.9 Å². The van der Waals surface area contributed by atoms with Gasteiger partial charge in [0.05, 0.1) is 12.2 Å². The second-order valence-electron chi connectivity index (χ2n) is 6.32. The normalized spacial score (nSPS) is 11.0. The summed E-state index contributed by atoms with van der Waals surface area (Å²) in [7, 11) is 0.